The Balaban J connectivity index is 2.23. The van der Waals surface area contributed by atoms with Gasteiger partial charge in [0.15, 0.2) is 0 Å². The minimum Gasteiger partial charge on any atom is -0.398 e. The number of hydrogen-bond acceptors (Lipinski definition) is 4. The van der Waals surface area contributed by atoms with Crippen LogP contribution < -0.4 is 10.9 Å². The van der Waals surface area contributed by atoms with Crippen LogP contribution in [0.25, 0.3) is 0 Å². The zero-order chi connectivity index (χ0) is 15.0. The van der Waals surface area contributed by atoms with E-state index in [0.717, 1.165) is 18.8 Å². The molecule has 0 unspecified atom stereocenters. The molecule has 1 N–H and O–H groups in total. The van der Waals surface area contributed by atoms with Gasteiger partial charge in [0.25, 0.3) is 0 Å². The Morgan fingerprint density at radius 1 is 1.20 bits per heavy atom. The van der Waals surface area contributed by atoms with Crippen LogP contribution in [0.3, 0.4) is 0 Å². The predicted molar refractivity (Wildman–Crippen MR) is 83.7 cm³/mol. The summed E-state index contributed by atoms with van der Waals surface area (Å²) in [7, 11) is -0.485. The van der Waals surface area contributed by atoms with Crippen molar-refractivity contribution in [2.75, 3.05) is 11.9 Å². The lowest BCUT2D eigenvalue weighted by molar-refractivity contribution is 0.00578. The van der Waals surface area contributed by atoms with Crippen LogP contribution in [0.5, 0.6) is 0 Å². The van der Waals surface area contributed by atoms with Gasteiger partial charge in [0, 0.05) is 11.6 Å². The lowest BCUT2D eigenvalue weighted by Gasteiger charge is -2.32. The molecule has 0 bridgehead atoms. The molecule has 2 rings (SSSR count). The molecule has 1 saturated heterocycles. The second-order valence-electron chi connectivity index (χ2n) is 6.11. The summed E-state index contributed by atoms with van der Waals surface area (Å²) >= 11 is 6.16. The summed E-state index contributed by atoms with van der Waals surface area (Å²) < 4.78 is 12.0. The molecule has 0 saturated carbocycles. The fourth-order valence-electron chi connectivity index (χ4n) is 1.95. The van der Waals surface area contributed by atoms with Crippen molar-refractivity contribution in [3.05, 3.63) is 17.2 Å². The van der Waals surface area contributed by atoms with E-state index in [1.165, 1.54) is 0 Å². The quantitative estimate of drug-likeness (QED) is 0.868. The first-order valence-electron chi connectivity index (χ1n) is 7.02. The van der Waals surface area contributed by atoms with Gasteiger partial charge in [0.1, 0.15) is 5.82 Å². The standard InChI is InChI=1S/C14H22BClN2O2/c1-6-7-17-12-9-10(16)8-11(18-12)15-19-13(2,3)14(4,5)20-15/h8-9H,6-7H2,1-5H3,(H,17,18). The molecule has 0 atom stereocenters. The van der Waals surface area contributed by atoms with Gasteiger partial charge >= 0.3 is 7.12 Å². The molecular weight excluding hydrogens is 274 g/mol. The number of pyridine rings is 1. The number of nitrogens with zero attached hydrogens (tertiary/aromatic N) is 1. The van der Waals surface area contributed by atoms with E-state index in [0.29, 0.717) is 10.6 Å². The number of nitrogens with one attached hydrogen (secondary N) is 1. The fourth-order valence-corrected chi connectivity index (χ4v) is 2.16. The molecule has 1 aromatic rings. The zero-order valence-electron chi connectivity index (χ0n) is 12.8. The summed E-state index contributed by atoms with van der Waals surface area (Å²) in [5.74, 6) is 0.754. The third kappa shape index (κ3) is 3.10. The van der Waals surface area contributed by atoms with Crippen LogP contribution in [0.2, 0.25) is 5.02 Å². The fraction of sp³-hybridized carbons (Fsp3) is 0.643. The molecule has 110 valence electrons. The van der Waals surface area contributed by atoms with E-state index in [9.17, 15) is 0 Å². The highest BCUT2D eigenvalue weighted by Crippen LogP contribution is 2.36. The Labute approximate surface area is 126 Å². The summed E-state index contributed by atoms with van der Waals surface area (Å²) in [5, 5.41) is 3.86. The number of anilines is 1. The molecule has 0 amide bonds. The Hall–Kier alpha value is -0.775. The second kappa shape index (κ2) is 5.55. The van der Waals surface area contributed by atoms with Crippen molar-refractivity contribution < 1.29 is 9.31 Å². The summed E-state index contributed by atoms with van der Waals surface area (Å²) in [6.45, 7) is 11.0. The van der Waals surface area contributed by atoms with Crippen LogP contribution in [0.15, 0.2) is 12.1 Å². The van der Waals surface area contributed by atoms with Gasteiger partial charge in [-0.3, -0.25) is 0 Å². The molecule has 0 radical (unpaired) electrons. The molecule has 20 heavy (non-hydrogen) atoms. The van der Waals surface area contributed by atoms with Gasteiger partial charge in [0.2, 0.25) is 0 Å². The zero-order valence-corrected chi connectivity index (χ0v) is 13.5. The normalized spacial score (nSPS) is 20.2. The highest BCUT2D eigenvalue weighted by Gasteiger charge is 2.52. The smallest absolute Gasteiger partial charge is 0.398 e. The Bertz CT molecular complexity index is 478. The third-order valence-corrected chi connectivity index (χ3v) is 4.08. The first kappa shape index (κ1) is 15.6. The van der Waals surface area contributed by atoms with E-state index in [1.807, 2.05) is 33.8 Å². The van der Waals surface area contributed by atoms with Crippen LogP contribution in [-0.4, -0.2) is 29.8 Å². The maximum Gasteiger partial charge on any atom is 0.514 e. The highest BCUT2D eigenvalue weighted by molar-refractivity contribution is 6.61. The van der Waals surface area contributed by atoms with E-state index in [-0.39, 0.29) is 11.2 Å². The molecule has 0 aromatic carbocycles. The molecule has 0 spiro atoms. The molecule has 1 fully saturated rings. The highest BCUT2D eigenvalue weighted by atomic mass is 35.5. The van der Waals surface area contributed by atoms with E-state index in [1.54, 1.807) is 6.07 Å². The molecule has 1 aromatic heterocycles. The van der Waals surface area contributed by atoms with Gasteiger partial charge in [-0.15, -0.1) is 0 Å². The van der Waals surface area contributed by atoms with Crippen molar-refractivity contribution in [2.24, 2.45) is 0 Å². The largest absolute Gasteiger partial charge is 0.514 e. The van der Waals surface area contributed by atoms with Crippen molar-refractivity contribution in [3.8, 4) is 0 Å². The predicted octanol–water partition coefficient (Wildman–Crippen LogP) is 2.86. The lowest BCUT2D eigenvalue weighted by atomic mass is 9.84. The van der Waals surface area contributed by atoms with E-state index >= 15 is 0 Å². The van der Waals surface area contributed by atoms with E-state index in [4.69, 9.17) is 20.9 Å². The summed E-state index contributed by atoms with van der Waals surface area (Å²) in [6.07, 6.45) is 1.03. The topological polar surface area (TPSA) is 43.4 Å². The van der Waals surface area contributed by atoms with Crippen LogP contribution in [0.4, 0.5) is 5.82 Å². The minimum atomic E-state index is -0.485. The molecule has 0 aliphatic carbocycles. The average molecular weight is 297 g/mol. The summed E-state index contributed by atoms with van der Waals surface area (Å²) in [6, 6.07) is 3.60. The van der Waals surface area contributed by atoms with E-state index in [2.05, 4.69) is 17.2 Å². The van der Waals surface area contributed by atoms with Gasteiger partial charge in [-0.05, 0) is 46.2 Å². The van der Waals surface area contributed by atoms with Gasteiger partial charge < -0.3 is 14.6 Å². The van der Waals surface area contributed by atoms with Crippen molar-refractivity contribution in [1.29, 1.82) is 0 Å². The maximum absolute atomic E-state index is 6.16. The van der Waals surface area contributed by atoms with Crippen molar-refractivity contribution in [1.82, 2.24) is 4.98 Å². The number of hydrogen-bond donors (Lipinski definition) is 1. The molecule has 1 aliphatic heterocycles. The summed E-state index contributed by atoms with van der Waals surface area (Å²) in [4.78, 5) is 4.54. The van der Waals surface area contributed by atoms with Crippen molar-refractivity contribution >= 4 is 30.1 Å². The van der Waals surface area contributed by atoms with Crippen LogP contribution in [-0.2, 0) is 9.31 Å². The SMILES string of the molecule is CCCNc1cc(Cl)cc(B2OC(C)(C)C(C)(C)O2)n1. The first-order chi connectivity index (χ1) is 9.25. The average Bonchev–Trinajstić information content (AvgIpc) is 2.55. The number of halogens is 1. The Morgan fingerprint density at radius 3 is 2.35 bits per heavy atom. The number of aromatic nitrogens is 1. The van der Waals surface area contributed by atoms with Crippen molar-refractivity contribution in [2.45, 2.75) is 52.2 Å². The van der Waals surface area contributed by atoms with Crippen LogP contribution in [0, 0.1) is 0 Å². The molecular formula is C14H22BClN2O2. The van der Waals surface area contributed by atoms with Gasteiger partial charge in [0.05, 0.1) is 16.8 Å². The van der Waals surface area contributed by atoms with E-state index < -0.39 is 7.12 Å². The van der Waals surface area contributed by atoms with Gasteiger partial charge in [-0.25, -0.2) is 4.98 Å². The molecule has 6 heteroatoms. The lowest BCUT2D eigenvalue weighted by Crippen LogP contribution is -2.41. The van der Waals surface area contributed by atoms with Crippen LogP contribution in [0.1, 0.15) is 41.0 Å². The van der Waals surface area contributed by atoms with Crippen LogP contribution >= 0.6 is 11.6 Å². The Kier molecular flexibility index (Phi) is 4.33. The molecule has 1 aliphatic rings. The third-order valence-electron chi connectivity index (χ3n) is 3.86. The molecule has 4 nitrogen and oxygen atoms in total. The Morgan fingerprint density at radius 2 is 1.80 bits per heavy atom. The van der Waals surface area contributed by atoms with Gasteiger partial charge in [-0.2, -0.15) is 0 Å². The number of rotatable bonds is 4. The monoisotopic (exact) mass is 296 g/mol. The molecule has 2 heterocycles. The van der Waals surface area contributed by atoms with Crippen molar-refractivity contribution in [3.63, 3.8) is 0 Å². The summed E-state index contributed by atoms with van der Waals surface area (Å²) in [5.41, 5.74) is -0.0492. The maximum atomic E-state index is 6.16. The minimum absolute atomic E-state index is 0.376. The second-order valence-corrected chi connectivity index (χ2v) is 6.55. The van der Waals surface area contributed by atoms with Gasteiger partial charge in [-0.1, -0.05) is 18.5 Å². The first-order valence-corrected chi connectivity index (χ1v) is 7.40.